The molecule has 0 amide bonds. The van der Waals surface area contributed by atoms with Crippen molar-refractivity contribution >= 4 is 28.2 Å². The molecule has 0 aliphatic heterocycles. The molecule has 0 bridgehead atoms. The second-order valence-electron chi connectivity index (χ2n) is 5.23. The number of nitrogens with two attached hydrogens (primary N) is 1. The van der Waals surface area contributed by atoms with Crippen molar-refractivity contribution in [2.24, 2.45) is 0 Å². The van der Waals surface area contributed by atoms with Crippen LogP contribution in [0.2, 0.25) is 0 Å². The van der Waals surface area contributed by atoms with E-state index in [1.165, 1.54) is 11.3 Å². The molecular weight excluding hydrogens is 286 g/mol. The van der Waals surface area contributed by atoms with E-state index >= 15 is 0 Å². The molecule has 0 unspecified atom stereocenters. The predicted octanol–water partition coefficient (Wildman–Crippen LogP) is 2.14. The quantitative estimate of drug-likeness (QED) is 0.783. The topological polar surface area (TPSA) is 86.7 Å². The van der Waals surface area contributed by atoms with E-state index in [4.69, 9.17) is 5.73 Å². The number of anilines is 1. The second kappa shape index (κ2) is 4.36. The first-order chi connectivity index (χ1) is 10.1. The molecule has 0 radical (unpaired) electrons. The summed E-state index contributed by atoms with van der Waals surface area (Å²) in [6, 6.07) is 1.91. The van der Waals surface area contributed by atoms with Crippen LogP contribution in [-0.4, -0.2) is 19.5 Å². The zero-order valence-corrected chi connectivity index (χ0v) is 12.2. The normalized spacial score (nSPS) is 14.7. The van der Waals surface area contributed by atoms with E-state index in [0.717, 1.165) is 18.5 Å². The zero-order valence-electron chi connectivity index (χ0n) is 11.4. The molecule has 106 valence electrons. The van der Waals surface area contributed by atoms with Gasteiger partial charge in [0.15, 0.2) is 11.3 Å². The number of hydrogen-bond acceptors (Lipinski definition) is 6. The van der Waals surface area contributed by atoms with Crippen molar-refractivity contribution in [1.29, 1.82) is 0 Å². The highest BCUT2D eigenvalue weighted by Gasteiger charge is 2.29. The van der Waals surface area contributed by atoms with Gasteiger partial charge in [-0.3, -0.25) is 9.36 Å². The molecule has 3 heterocycles. The van der Waals surface area contributed by atoms with Gasteiger partial charge in [-0.15, -0.1) is 11.3 Å². The third-order valence-corrected chi connectivity index (χ3v) is 4.51. The van der Waals surface area contributed by atoms with Crippen LogP contribution in [0.4, 0.5) is 5.69 Å². The van der Waals surface area contributed by atoms with E-state index < -0.39 is 0 Å². The van der Waals surface area contributed by atoms with E-state index in [1.807, 2.05) is 12.3 Å². The number of aryl methyl sites for hydroxylation is 1. The predicted molar refractivity (Wildman–Crippen MR) is 82.3 cm³/mol. The van der Waals surface area contributed by atoms with Crippen molar-refractivity contribution in [1.82, 2.24) is 19.5 Å². The Kier molecular flexibility index (Phi) is 2.58. The monoisotopic (exact) mass is 299 g/mol. The van der Waals surface area contributed by atoms with Gasteiger partial charge in [0.1, 0.15) is 10.5 Å². The number of nitrogens with zero attached hydrogens (tertiary/aromatic N) is 4. The molecule has 3 aromatic rings. The Morgan fingerprint density at radius 3 is 2.86 bits per heavy atom. The molecule has 21 heavy (non-hydrogen) atoms. The summed E-state index contributed by atoms with van der Waals surface area (Å²) in [5, 5.41) is 2.55. The van der Waals surface area contributed by atoms with Crippen molar-refractivity contribution in [2.75, 3.05) is 5.73 Å². The van der Waals surface area contributed by atoms with Gasteiger partial charge in [-0.25, -0.2) is 15.0 Å². The van der Waals surface area contributed by atoms with Crippen LogP contribution in [0, 0.1) is 6.92 Å². The first-order valence-corrected chi connectivity index (χ1v) is 7.62. The fraction of sp³-hybridized carbons (Fsp3) is 0.286. The van der Waals surface area contributed by atoms with Crippen molar-refractivity contribution in [2.45, 2.75) is 25.8 Å². The number of rotatable bonds is 2. The first-order valence-electron chi connectivity index (χ1n) is 6.74. The molecule has 3 aromatic heterocycles. The average Bonchev–Trinajstić information content (AvgIpc) is 3.20. The SMILES string of the molecule is Cc1csc(-c2nc3c(N)ccnc3n(C3CC3)c2=O)n1. The van der Waals surface area contributed by atoms with Crippen molar-refractivity contribution in [3.05, 3.63) is 33.7 Å². The molecule has 1 aliphatic rings. The molecule has 1 saturated carbocycles. The lowest BCUT2D eigenvalue weighted by Crippen LogP contribution is -2.24. The first kappa shape index (κ1) is 12.5. The van der Waals surface area contributed by atoms with E-state index in [0.29, 0.717) is 27.6 Å². The summed E-state index contributed by atoms with van der Waals surface area (Å²) >= 11 is 1.42. The van der Waals surface area contributed by atoms with Gasteiger partial charge in [-0.1, -0.05) is 0 Å². The maximum absolute atomic E-state index is 12.8. The summed E-state index contributed by atoms with van der Waals surface area (Å²) in [5.41, 5.74) is 8.81. The van der Waals surface area contributed by atoms with Gasteiger partial charge in [-0.05, 0) is 25.8 Å². The van der Waals surface area contributed by atoms with Crippen LogP contribution in [0.15, 0.2) is 22.4 Å². The Morgan fingerprint density at radius 1 is 1.38 bits per heavy atom. The summed E-state index contributed by atoms with van der Waals surface area (Å²) in [6.45, 7) is 1.90. The molecule has 0 atom stereocenters. The van der Waals surface area contributed by atoms with E-state index in [1.54, 1.807) is 16.8 Å². The zero-order chi connectivity index (χ0) is 14.6. The smallest absolute Gasteiger partial charge is 0.281 e. The Balaban J connectivity index is 2.10. The highest BCUT2D eigenvalue weighted by Crippen LogP contribution is 2.36. The minimum Gasteiger partial charge on any atom is -0.397 e. The molecule has 0 aromatic carbocycles. The summed E-state index contributed by atoms with van der Waals surface area (Å²) in [7, 11) is 0. The molecule has 7 heteroatoms. The lowest BCUT2D eigenvalue weighted by atomic mass is 10.3. The molecular formula is C14H13N5OS. The number of thiazole rings is 1. The van der Waals surface area contributed by atoms with Crippen LogP contribution in [0.1, 0.15) is 24.6 Å². The molecule has 1 aliphatic carbocycles. The summed E-state index contributed by atoms with van der Waals surface area (Å²) in [6.07, 6.45) is 3.60. The standard InChI is InChI=1S/C14H13N5OS/c1-7-6-21-13(17-7)11-14(20)19(8-2-3-8)12-10(18-11)9(15)4-5-16-12/h4-6,8H,2-3H2,1H3,(H2,15,16). The minimum atomic E-state index is -0.127. The van der Waals surface area contributed by atoms with Crippen molar-refractivity contribution in [3.63, 3.8) is 0 Å². The molecule has 0 saturated heterocycles. The van der Waals surface area contributed by atoms with Crippen LogP contribution >= 0.6 is 11.3 Å². The third kappa shape index (κ3) is 1.92. The van der Waals surface area contributed by atoms with E-state index in [9.17, 15) is 4.79 Å². The summed E-state index contributed by atoms with van der Waals surface area (Å²) in [4.78, 5) is 25.9. The number of pyridine rings is 1. The Morgan fingerprint density at radius 2 is 2.19 bits per heavy atom. The second-order valence-corrected chi connectivity index (χ2v) is 6.09. The average molecular weight is 299 g/mol. The third-order valence-electron chi connectivity index (χ3n) is 3.54. The highest BCUT2D eigenvalue weighted by atomic mass is 32.1. The van der Waals surface area contributed by atoms with Gasteiger partial charge in [0.2, 0.25) is 0 Å². The maximum Gasteiger partial charge on any atom is 0.281 e. The summed E-state index contributed by atoms with van der Waals surface area (Å²) in [5.74, 6) is 0. The molecule has 4 rings (SSSR count). The Labute approximate surface area is 124 Å². The Hall–Kier alpha value is -2.28. The maximum atomic E-state index is 12.8. The van der Waals surface area contributed by atoms with Crippen LogP contribution in [0.5, 0.6) is 0 Å². The molecule has 0 spiro atoms. The lowest BCUT2D eigenvalue weighted by molar-refractivity contribution is 0.726. The van der Waals surface area contributed by atoms with Gasteiger partial charge >= 0.3 is 0 Å². The van der Waals surface area contributed by atoms with Gasteiger partial charge in [0, 0.05) is 23.3 Å². The van der Waals surface area contributed by atoms with Crippen LogP contribution in [0.3, 0.4) is 0 Å². The lowest BCUT2D eigenvalue weighted by Gasteiger charge is -2.10. The number of aromatic nitrogens is 4. The van der Waals surface area contributed by atoms with E-state index in [2.05, 4.69) is 15.0 Å². The fourth-order valence-corrected chi connectivity index (χ4v) is 3.17. The van der Waals surface area contributed by atoms with Gasteiger partial charge in [0.05, 0.1) is 5.69 Å². The largest absolute Gasteiger partial charge is 0.397 e. The van der Waals surface area contributed by atoms with Gasteiger partial charge < -0.3 is 5.73 Å². The van der Waals surface area contributed by atoms with Crippen LogP contribution in [0.25, 0.3) is 21.9 Å². The van der Waals surface area contributed by atoms with Crippen molar-refractivity contribution < 1.29 is 0 Å². The molecule has 6 nitrogen and oxygen atoms in total. The number of fused-ring (bicyclic) bond motifs is 1. The minimum absolute atomic E-state index is 0.127. The van der Waals surface area contributed by atoms with Crippen LogP contribution in [-0.2, 0) is 0 Å². The van der Waals surface area contributed by atoms with Gasteiger partial charge in [-0.2, -0.15) is 0 Å². The van der Waals surface area contributed by atoms with E-state index in [-0.39, 0.29) is 11.6 Å². The van der Waals surface area contributed by atoms with Crippen LogP contribution < -0.4 is 11.3 Å². The molecule has 2 N–H and O–H groups in total. The molecule has 1 fully saturated rings. The summed E-state index contributed by atoms with van der Waals surface area (Å²) < 4.78 is 1.73. The Bertz CT molecular complexity index is 909. The fourth-order valence-electron chi connectivity index (χ4n) is 2.39. The van der Waals surface area contributed by atoms with Gasteiger partial charge in [0.25, 0.3) is 5.56 Å². The number of nitrogen functional groups attached to an aromatic ring is 1. The van der Waals surface area contributed by atoms with Crippen molar-refractivity contribution in [3.8, 4) is 10.7 Å². The number of hydrogen-bond donors (Lipinski definition) is 1. The highest BCUT2D eigenvalue weighted by molar-refractivity contribution is 7.13.